The predicted octanol–water partition coefficient (Wildman–Crippen LogP) is 0.473. The predicted molar refractivity (Wildman–Crippen MR) is 58.6 cm³/mol. The minimum Gasteiger partial charge on any atom is -0.369 e. The van der Waals surface area contributed by atoms with Gasteiger partial charge in [0.15, 0.2) is 0 Å². The van der Waals surface area contributed by atoms with Gasteiger partial charge in [-0.15, -0.1) is 0 Å². The second-order valence-electron chi connectivity index (χ2n) is 3.34. The molecule has 15 heavy (non-hydrogen) atoms. The average Bonchev–Trinajstić information content (AvgIpc) is 2.63. The highest BCUT2D eigenvalue weighted by atomic mass is 16.1. The monoisotopic (exact) mass is 205 g/mol. The summed E-state index contributed by atoms with van der Waals surface area (Å²) >= 11 is 0. The van der Waals surface area contributed by atoms with E-state index in [1.165, 1.54) is 0 Å². The van der Waals surface area contributed by atoms with E-state index in [4.69, 9.17) is 0 Å². The molecule has 2 aromatic rings. The van der Waals surface area contributed by atoms with Gasteiger partial charge in [-0.25, -0.2) is 9.98 Å². The molecule has 0 aliphatic heterocycles. The lowest BCUT2D eigenvalue weighted by atomic mass is 10.4. The van der Waals surface area contributed by atoms with Crippen molar-refractivity contribution in [2.45, 2.75) is 0 Å². The van der Waals surface area contributed by atoms with Crippen molar-refractivity contribution < 1.29 is 0 Å². The molecule has 0 saturated heterocycles. The molecule has 0 unspecified atom stereocenters. The number of rotatable bonds is 2. The molecule has 6 heteroatoms. The first-order valence-corrected chi connectivity index (χ1v) is 4.45. The van der Waals surface area contributed by atoms with Crippen molar-refractivity contribution in [2.24, 2.45) is 4.99 Å². The van der Waals surface area contributed by atoms with Gasteiger partial charge >= 0.3 is 0 Å². The van der Waals surface area contributed by atoms with Crippen LogP contribution in [0.15, 0.2) is 22.1 Å². The van der Waals surface area contributed by atoms with Crippen LogP contribution >= 0.6 is 0 Å². The quantitative estimate of drug-likeness (QED) is 0.552. The summed E-state index contributed by atoms with van der Waals surface area (Å²) in [7, 11) is 3.69. The highest BCUT2D eigenvalue weighted by Crippen LogP contribution is 2.07. The maximum absolute atomic E-state index is 11.5. The van der Waals surface area contributed by atoms with Crippen molar-refractivity contribution in [1.29, 1.82) is 0 Å². The summed E-state index contributed by atoms with van der Waals surface area (Å²) < 4.78 is 0. The summed E-state index contributed by atoms with van der Waals surface area (Å²) in [5.41, 5.74) is 0.874. The van der Waals surface area contributed by atoms with Crippen molar-refractivity contribution in [3.63, 3.8) is 0 Å². The normalized spacial score (nSPS) is 11.3. The second kappa shape index (κ2) is 3.56. The average molecular weight is 205 g/mol. The fraction of sp³-hybridized carbons (Fsp3) is 0.222. The van der Waals surface area contributed by atoms with Gasteiger partial charge < -0.3 is 9.88 Å². The first-order chi connectivity index (χ1) is 7.16. The van der Waals surface area contributed by atoms with Crippen molar-refractivity contribution in [3.05, 3.63) is 22.6 Å². The van der Waals surface area contributed by atoms with Crippen molar-refractivity contribution in [2.75, 3.05) is 14.1 Å². The van der Waals surface area contributed by atoms with Crippen molar-refractivity contribution in [3.8, 4) is 0 Å². The summed E-state index contributed by atoms with van der Waals surface area (Å²) in [4.78, 5) is 26.8. The molecule has 0 amide bonds. The van der Waals surface area contributed by atoms with Crippen LogP contribution in [0.5, 0.6) is 0 Å². The van der Waals surface area contributed by atoms with Gasteiger partial charge in [0.05, 0.1) is 11.9 Å². The largest absolute Gasteiger partial charge is 0.369 e. The molecular formula is C9H11N5O. The van der Waals surface area contributed by atoms with Crippen LogP contribution in [0, 0.1) is 0 Å². The zero-order valence-corrected chi connectivity index (χ0v) is 8.48. The Labute approximate surface area is 85.7 Å². The Kier molecular flexibility index (Phi) is 2.24. The number of aromatic nitrogens is 3. The van der Waals surface area contributed by atoms with Crippen LogP contribution in [-0.2, 0) is 0 Å². The van der Waals surface area contributed by atoms with E-state index in [1.807, 2.05) is 14.1 Å². The third-order valence-electron chi connectivity index (χ3n) is 1.81. The van der Waals surface area contributed by atoms with Gasteiger partial charge in [-0.3, -0.25) is 9.78 Å². The minimum absolute atomic E-state index is 0.212. The standard InChI is InChI=1S/C9H11N5O/c1-14(2)5-11-9-12-6-3-4-10-7(6)8(15)13-9/h3-5,10H,1-2H3,(H,12,13,15). The van der Waals surface area contributed by atoms with Crippen LogP contribution in [0.2, 0.25) is 0 Å². The third-order valence-corrected chi connectivity index (χ3v) is 1.81. The molecule has 0 spiro atoms. The number of aliphatic imine (C=N–C) groups is 1. The molecule has 0 saturated carbocycles. The number of hydrogen-bond donors (Lipinski definition) is 2. The van der Waals surface area contributed by atoms with E-state index in [0.29, 0.717) is 17.0 Å². The topological polar surface area (TPSA) is 77.1 Å². The van der Waals surface area contributed by atoms with Crippen molar-refractivity contribution in [1.82, 2.24) is 19.9 Å². The van der Waals surface area contributed by atoms with Gasteiger partial charge in [0.2, 0.25) is 5.95 Å². The van der Waals surface area contributed by atoms with E-state index in [2.05, 4.69) is 19.9 Å². The van der Waals surface area contributed by atoms with E-state index in [-0.39, 0.29) is 5.56 Å². The first kappa shape index (κ1) is 9.45. The molecule has 0 radical (unpaired) electrons. The van der Waals surface area contributed by atoms with Gasteiger partial charge in [-0.1, -0.05) is 0 Å². The zero-order valence-electron chi connectivity index (χ0n) is 8.48. The molecule has 6 nitrogen and oxygen atoms in total. The summed E-state index contributed by atoms with van der Waals surface area (Å²) in [6, 6.07) is 1.74. The smallest absolute Gasteiger partial charge is 0.276 e. The number of H-pyrrole nitrogens is 2. The molecule has 2 aromatic heterocycles. The van der Waals surface area contributed by atoms with Crippen LogP contribution in [-0.4, -0.2) is 40.3 Å². The number of nitrogens with one attached hydrogen (secondary N) is 2. The number of nitrogens with zero attached hydrogens (tertiary/aromatic N) is 3. The maximum atomic E-state index is 11.5. The Morgan fingerprint density at radius 2 is 2.33 bits per heavy atom. The van der Waals surface area contributed by atoms with Crippen LogP contribution in [0.3, 0.4) is 0 Å². The fourth-order valence-corrected chi connectivity index (χ4v) is 1.17. The Balaban J connectivity index is 2.50. The van der Waals surface area contributed by atoms with Gasteiger partial charge in [-0.2, -0.15) is 0 Å². The molecule has 0 aliphatic rings. The number of aromatic amines is 2. The highest BCUT2D eigenvalue weighted by Gasteiger charge is 2.02. The molecule has 78 valence electrons. The van der Waals surface area contributed by atoms with Crippen LogP contribution < -0.4 is 5.56 Å². The van der Waals surface area contributed by atoms with Crippen LogP contribution in [0.25, 0.3) is 11.0 Å². The van der Waals surface area contributed by atoms with Gasteiger partial charge in [0, 0.05) is 20.3 Å². The summed E-state index contributed by atoms with van der Waals surface area (Å²) in [6.45, 7) is 0. The molecule has 0 aliphatic carbocycles. The summed E-state index contributed by atoms with van der Waals surface area (Å²) in [5.74, 6) is 0.306. The molecule has 2 N–H and O–H groups in total. The Morgan fingerprint density at radius 1 is 1.53 bits per heavy atom. The molecule has 0 bridgehead atoms. The van der Waals surface area contributed by atoms with Gasteiger partial charge in [-0.05, 0) is 6.07 Å². The SMILES string of the molecule is CN(C)C=Nc1nc2cc[nH]c2c(=O)[nH]1. The van der Waals surface area contributed by atoms with Crippen molar-refractivity contribution >= 4 is 23.3 Å². The maximum Gasteiger partial charge on any atom is 0.276 e. The Hall–Kier alpha value is -2.11. The van der Waals surface area contributed by atoms with E-state index in [9.17, 15) is 4.79 Å². The molecule has 2 rings (SSSR count). The lowest BCUT2D eigenvalue weighted by Crippen LogP contribution is -2.10. The Bertz CT molecular complexity index is 551. The van der Waals surface area contributed by atoms with Gasteiger partial charge in [0.1, 0.15) is 5.52 Å². The molecule has 0 atom stereocenters. The fourth-order valence-electron chi connectivity index (χ4n) is 1.17. The van der Waals surface area contributed by atoms with Crippen LogP contribution in [0.4, 0.5) is 5.95 Å². The number of hydrogen-bond acceptors (Lipinski definition) is 3. The lowest BCUT2D eigenvalue weighted by molar-refractivity contribution is 0.642. The summed E-state index contributed by atoms with van der Waals surface area (Å²) in [6.07, 6.45) is 3.25. The molecular weight excluding hydrogens is 194 g/mol. The van der Waals surface area contributed by atoms with E-state index in [1.54, 1.807) is 23.5 Å². The lowest BCUT2D eigenvalue weighted by Gasteiger charge is -2.01. The van der Waals surface area contributed by atoms with E-state index in [0.717, 1.165) is 0 Å². The number of fused-ring (bicyclic) bond motifs is 1. The molecule has 0 aromatic carbocycles. The molecule has 2 heterocycles. The van der Waals surface area contributed by atoms with Crippen LogP contribution in [0.1, 0.15) is 0 Å². The van der Waals surface area contributed by atoms with E-state index >= 15 is 0 Å². The van der Waals surface area contributed by atoms with E-state index < -0.39 is 0 Å². The zero-order chi connectivity index (χ0) is 10.8. The first-order valence-electron chi connectivity index (χ1n) is 4.45. The Morgan fingerprint density at radius 3 is 3.07 bits per heavy atom. The third kappa shape index (κ3) is 1.88. The highest BCUT2D eigenvalue weighted by molar-refractivity contribution is 5.74. The second-order valence-corrected chi connectivity index (χ2v) is 3.34. The molecule has 0 fully saturated rings. The van der Waals surface area contributed by atoms with Gasteiger partial charge in [0.25, 0.3) is 5.56 Å². The minimum atomic E-state index is -0.212. The summed E-state index contributed by atoms with van der Waals surface area (Å²) in [5, 5.41) is 0.